The molecule has 0 bridgehead atoms. The van der Waals surface area contributed by atoms with E-state index in [1.165, 1.54) is 14.8 Å². The highest BCUT2D eigenvalue weighted by Gasteiger charge is 2.07. The summed E-state index contributed by atoms with van der Waals surface area (Å²) in [5.74, 6) is 1.35. The van der Waals surface area contributed by atoms with E-state index in [2.05, 4.69) is 53.9 Å². The molecule has 23 heavy (non-hydrogen) atoms. The summed E-state index contributed by atoms with van der Waals surface area (Å²) in [6.45, 7) is 9.01. The van der Waals surface area contributed by atoms with Gasteiger partial charge in [-0.1, -0.05) is 19.9 Å². The minimum Gasteiger partial charge on any atom is -0.357 e. The molecule has 0 aliphatic heterocycles. The zero-order chi connectivity index (χ0) is 16.5. The first-order valence-electron chi connectivity index (χ1n) is 8.22. The number of guanidine groups is 1. The molecular formula is C17H26N4S2. The smallest absolute Gasteiger partial charge is 0.191 e. The highest BCUT2D eigenvalue weighted by molar-refractivity contribution is 7.11. The first-order chi connectivity index (χ1) is 11.2. The van der Waals surface area contributed by atoms with Crippen molar-refractivity contribution in [1.29, 1.82) is 0 Å². The van der Waals surface area contributed by atoms with Crippen molar-refractivity contribution < 1.29 is 0 Å². The van der Waals surface area contributed by atoms with Crippen molar-refractivity contribution in [3.63, 3.8) is 0 Å². The SMILES string of the molecule is CCNC(=NCC(C)c1cccs1)NCCc1ncc(CC)s1. The molecule has 0 saturated heterocycles. The van der Waals surface area contributed by atoms with E-state index in [0.717, 1.165) is 38.4 Å². The van der Waals surface area contributed by atoms with Crippen molar-refractivity contribution in [1.82, 2.24) is 15.6 Å². The Morgan fingerprint density at radius 3 is 2.87 bits per heavy atom. The molecule has 0 fully saturated rings. The minimum absolute atomic E-state index is 0.455. The Bertz CT molecular complexity index is 590. The summed E-state index contributed by atoms with van der Waals surface area (Å²) in [6, 6.07) is 4.28. The van der Waals surface area contributed by atoms with Gasteiger partial charge >= 0.3 is 0 Å². The normalized spacial score (nSPS) is 13.1. The molecule has 0 aliphatic carbocycles. The number of hydrogen-bond donors (Lipinski definition) is 2. The zero-order valence-electron chi connectivity index (χ0n) is 14.1. The van der Waals surface area contributed by atoms with Crippen molar-refractivity contribution in [2.75, 3.05) is 19.6 Å². The van der Waals surface area contributed by atoms with Crippen LogP contribution in [0, 0.1) is 0 Å². The van der Waals surface area contributed by atoms with E-state index in [1.807, 2.05) is 6.20 Å². The summed E-state index contributed by atoms with van der Waals surface area (Å²) in [7, 11) is 0. The topological polar surface area (TPSA) is 49.3 Å². The van der Waals surface area contributed by atoms with Gasteiger partial charge in [0.05, 0.1) is 11.6 Å². The zero-order valence-corrected chi connectivity index (χ0v) is 15.8. The van der Waals surface area contributed by atoms with Gasteiger partial charge in [0, 0.05) is 41.4 Å². The monoisotopic (exact) mass is 350 g/mol. The number of nitrogens with one attached hydrogen (secondary N) is 2. The lowest BCUT2D eigenvalue weighted by Crippen LogP contribution is -2.38. The van der Waals surface area contributed by atoms with Crippen molar-refractivity contribution in [3.05, 3.63) is 38.5 Å². The molecule has 2 rings (SSSR count). The van der Waals surface area contributed by atoms with Crippen molar-refractivity contribution in [2.45, 2.75) is 39.5 Å². The lowest BCUT2D eigenvalue weighted by molar-refractivity contribution is 0.754. The van der Waals surface area contributed by atoms with Crippen LogP contribution in [0.1, 0.15) is 41.5 Å². The fourth-order valence-corrected chi connectivity index (χ4v) is 3.79. The summed E-state index contributed by atoms with van der Waals surface area (Å²) >= 11 is 3.60. The van der Waals surface area contributed by atoms with E-state index in [0.29, 0.717) is 5.92 Å². The van der Waals surface area contributed by atoms with Crippen LogP contribution in [0.25, 0.3) is 0 Å². The molecule has 0 saturated carbocycles. The number of nitrogens with zero attached hydrogens (tertiary/aromatic N) is 2. The molecule has 2 aromatic rings. The van der Waals surface area contributed by atoms with Gasteiger partial charge < -0.3 is 10.6 Å². The Balaban J connectivity index is 1.81. The van der Waals surface area contributed by atoms with Gasteiger partial charge in [0.15, 0.2) is 5.96 Å². The average molecular weight is 351 g/mol. The Morgan fingerprint density at radius 1 is 1.35 bits per heavy atom. The first-order valence-corrected chi connectivity index (χ1v) is 9.91. The number of aliphatic imine (C=N–C) groups is 1. The van der Waals surface area contributed by atoms with Crippen LogP contribution in [0.3, 0.4) is 0 Å². The van der Waals surface area contributed by atoms with Crippen LogP contribution in [-0.4, -0.2) is 30.6 Å². The van der Waals surface area contributed by atoms with Crippen LogP contribution < -0.4 is 10.6 Å². The Kier molecular flexibility index (Phi) is 7.55. The lowest BCUT2D eigenvalue weighted by atomic mass is 10.1. The third-order valence-electron chi connectivity index (χ3n) is 3.48. The summed E-state index contributed by atoms with van der Waals surface area (Å²) < 4.78 is 0. The molecule has 4 nitrogen and oxygen atoms in total. The first kappa shape index (κ1) is 17.9. The second kappa shape index (κ2) is 9.67. The van der Waals surface area contributed by atoms with Gasteiger partial charge in [-0.05, 0) is 24.8 Å². The Labute approximate surface area is 147 Å². The molecule has 1 unspecified atom stereocenters. The number of rotatable bonds is 8. The predicted octanol–water partition coefficient (Wildman–Crippen LogP) is 3.67. The maximum atomic E-state index is 4.71. The maximum Gasteiger partial charge on any atom is 0.191 e. The fourth-order valence-electron chi connectivity index (χ4n) is 2.15. The molecular weight excluding hydrogens is 324 g/mol. The van der Waals surface area contributed by atoms with Crippen molar-refractivity contribution in [2.24, 2.45) is 4.99 Å². The molecule has 6 heteroatoms. The van der Waals surface area contributed by atoms with Crippen LogP contribution in [0.2, 0.25) is 0 Å². The fraction of sp³-hybridized carbons (Fsp3) is 0.529. The third-order valence-corrected chi connectivity index (χ3v) is 5.78. The van der Waals surface area contributed by atoms with Gasteiger partial charge in [-0.25, -0.2) is 4.98 Å². The lowest BCUT2D eigenvalue weighted by Gasteiger charge is -2.12. The van der Waals surface area contributed by atoms with E-state index in [4.69, 9.17) is 4.99 Å². The van der Waals surface area contributed by atoms with Gasteiger partial charge in [0.1, 0.15) is 0 Å². The maximum absolute atomic E-state index is 4.71. The summed E-state index contributed by atoms with van der Waals surface area (Å²) in [5.41, 5.74) is 0. The van der Waals surface area contributed by atoms with Gasteiger partial charge in [-0.2, -0.15) is 0 Å². The molecule has 0 aliphatic rings. The van der Waals surface area contributed by atoms with Gasteiger partial charge in [-0.15, -0.1) is 22.7 Å². The highest BCUT2D eigenvalue weighted by Crippen LogP contribution is 2.20. The molecule has 2 heterocycles. The number of thiophene rings is 1. The predicted molar refractivity (Wildman–Crippen MR) is 102 cm³/mol. The van der Waals surface area contributed by atoms with Crippen molar-refractivity contribution >= 4 is 28.6 Å². The molecule has 1 atom stereocenters. The number of aryl methyl sites for hydroxylation is 1. The molecule has 0 amide bonds. The molecule has 2 aromatic heterocycles. The summed E-state index contributed by atoms with van der Waals surface area (Å²) in [5, 5.41) is 10.0. The van der Waals surface area contributed by atoms with Gasteiger partial charge in [-0.3, -0.25) is 4.99 Å². The van der Waals surface area contributed by atoms with Crippen LogP contribution in [0.5, 0.6) is 0 Å². The van der Waals surface area contributed by atoms with E-state index >= 15 is 0 Å². The molecule has 126 valence electrons. The molecule has 0 radical (unpaired) electrons. The van der Waals surface area contributed by atoms with Crippen molar-refractivity contribution in [3.8, 4) is 0 Å². The average Bonchev–Trinajstić information content (AvgIpc) is 3.23. The van der Waals surface area contributed by atoms with Crippen LogP contribution in [0.15, 0.2) is 28.7 Å². The molecule has 0 spiro atoms. The van der Waals surface area contributed by atoms with E-state index < -0.39 is 0 Å². The van der Waals surface area contributed by atoms with E-state index in [-0.39, 0.29) is 0 Å². The van der Waals surface area contributed by atoms with E-state index in [1.54, 1.807) is 22.7 Å². The third kappa shape index (κ3) is 5.95. The number of thiazole rings is 1. The van der Waals surface area contributed by atoms with Gasteiger partial charge in [0.25, 0.3) is 0 Å². The Hall–Kier alpha value is -1.40. The molecule has 2 N–H and O–H groups in total. The highest BCUT2D eigenvalue weighted by atomic mass is 32.1. The quantitative estimate of drug-likeness (QED) is 0.564. The minimum atomic E-state index is 0.455. The van der Waals surface area contributed by atoms with Crippen LogP contribution >= 0.6 is 22.7 Å². The second-order valence-corrected chi connectivity index (χ2v) is 7.57. The summed E-state index contributed by atoms with van der Waals surface area (Å²) in [4.78, 5) is 11.9. The largest absolute Gasteiger partial charge is 0.357 e. The summed E-state index contributed by atoms with van der Waals surface area (Å²) in [6.07, 6.45) is 3.99. The van der Waals surface area contributed by atoms with Gasteiger partial charge in [0.2, 0.25) is 0 Å². The Morgan fingerprint density at radius 2 is 2.22 bits per heavy atom. The number of aromatic nitrogens is 1. The van der Waals surface area contributed by atoms with E-state index in [9.17, 15) is 0 Å². The van der Waals surface area contributed by atoms with Crippen LogP contribution in [-0.2, 0) is 12.8 Å². The molecule has 0 aromatic carbocycles. The van der Waals surface area contributed by atoms with Crippen LogP contribution in [0.4, 0.5) is 0 Å². The second-order valence-electron chi connectivity index (χ2n) is 5.39. The standard InChI is InChI=1S/C17H26N4S2/c1-4-14-12-20-16(23-14)8-9-19-17(18-5-2)21-11-13(3)15-7-6-10-22-15/h6-7,10,12-13H,4-5,8-9,11H2,1-3H3,(H2,18,19,21). The number of hydrogen-bond acceptors (Lipinski definition) is 4.